The molecule has 1 aromatic rings. The monoisotopic (exact) mass is 339 g/mol. The maximum absolute atomic E-state index is 11.9. The molecule has 1 aliphatic rings. The number of aryl methyl sites for hydroxylation is 1. The van der Waals surface area contributed by atoms with E-state index in [-0.39, 0.29) is 18.3 Å². The molecule has 130 valence electrons. The molecule has 5 heteroatoms. The third-order valence-corrected chi connectivity index (χ3v) is 4.25. The van der Waals surface area contributed by atoms with E-state index in [9.17, 15) is 4.79 Å². The predicted octanol–water partition coefficient (Wildman–Crippen LogP) is 2.19. The van der Waals surface area contributed by atoms with Gasteiger partial charge in [0.25, 0.3) is 0 Å². The topological polar surface area (TPSA) is 44.4 Å². The van der Waals surface area contributed by atoms with E-state index in [4.69, 9.17) is 0 Å². The Hall–Kier alpha value is -1.10. The third-order valence-electron chi connectivity index (χ3n) is 4.25. The lowest BCUT2D eigenvalue weighted by atomic mass is 10.0. The summed E-state index contributed by atoms with van der Waals surface area (Å²) in [5.74, 6) is 0.713. The number of nitrogens with one attached hydrogen (secondary N) is 2. The zero-order chi connectivity index (χ0) is 15.8. The standard InChI is InChI=1S/C18H29N3O.ClH/c1-15(2)17-6-3-16(4-7-17)5-8-18(22)20-11-14-21-12-9-19-10-13-21;/h3-4,6-7,15,19H,5,8-14H2,1-2H3,(H,20,22);1H. The van der Waals surface area contributed by atoms with Crippen molar-refractivity contribution in [3.63, 3.8) is 0 Å². The number of hydrogen-bond acceptors (Lipinski definition) is 3. The van der Waals surface area contributed by atoms with Crippen LogP contribution in [0.5, 0.6) is 0 Å². The van der Waals surface area contributed by atoms with Gasteiger partial charge in [0.2, 0.25) is 5.91 Å². The highest BCUT2D eigenvalue weighted by Crippen LogP contribution is 2.15. The van der Waals surface area contributed by atoms with Crippen LogP contribution in [-0.4, -0.2) is 50.1 Å². The summed E-state index contributed by atoms with van der Waals surface area (Å²) in [5, 5.41) is 6.36. The lowest BCUT2D eigenvalue weighted by Gasteiger charge is -2.27. The van der Waals surface area contributed by atoms with Crippen LogP contribution in [0.2, 0.25) is 0 Å². The van der Waals surface area contributed by atoms with Crippen LogP contribution in [0.4, 0.5) is 0 Å². The van der Waals surface area contributed by atoms with Crippen LogP contribution in [0.1, 0.15) is 37.3 Å². The zero-order valence-corrected chi connectivity index (χ0v) is 15.1. The summed E-state index contributed by atoms with van der Waals surface area (Å²) in [4.78, 5) is 14.3. The summed E-state index contributed by atoms with van der Waals surface area (Å²) < 4.78 is 0. The van der Waals surface area contributed by atoms with Gasteiger partial charge in [0.1, 0.15) is 0 Å². The fourth-order valence-corrected chi connectivity index (χ4v) is 2.70. The van der Waals surface area contributed by atoms with Gasteiger partial charge >= 0.3 is 0 Å². The molecule has 0 aromatic heterocycles. The summed E-state index contributed by atoms with van der Waals surface area (Å²) >= 11 is 0. The van der Waals surface area contributed by atoms with E-state index in [1.165, 1.54) is 11.1 Å². The summed E-state index contributed by atoms with van der Waals surface area (Å²) in [6, 6.07) is 8.62. The molecule has 0 bridgehead atoms. The Bertz CT molecular complexity index is 456. The smallest absolute Gasteiger partial charge is 0.220 e. The molecule has 1 aromatic carbocycles. The van der Waals surface area contributed by atoms with E-state index >= 15 is 0 Å². The molecule has 0 saturated carbocycles. The highest BCUT2D eigenvalue weighted by atomic mass is 35.5. The molecule has 1 fully saturated rings. The van der Waals surface area contributed by atoms with Crippen molar-refractivity contribution in [1.29, 1.82) is 0 Å². The molecule has 0 radical (unpaired) electrons. The van der Waals surface area contributed by atoms with E-state index in [0.717, 1.165) is 45.7 Å². The van der Waals surface area contributed by atoms with Crippen LogP contribution in [0.15, 0.2) is 24.3 Å². The number of halogens is 1. The van der Waals surface area contributed by atoms with E-state index in [0.29, 0.717) is 12.3 Å². The molecule has 2 N–H and O–H groups in total. The average molecular weight is 340 g/mol. The highest BCUT2D eigenvalue weighted by molar-refractivity contribution is 5.85. The molecule has 2 rings (SSSR count). The molecule has 23 heavy (non-hydrogen) atoms. The van der Waals surface area contributed by atoms with Gasteiger partial charge < -0.3 is 10.6 Å². The van der Waals surface area contributed by atoms with Gasteiger partial charge in [-0.1, -0.05) is 38.1 Å². The number of rotatable bonds is 7. The van der Waals surface area contributed by atoms with Crippen molar-refractivity contribution < 1.29 is 4.79 Å². The zero-order valence-electron chi connectivity index (χ0n) is 14.3. The summed E-state index contributed by atoms with van der Waals surface area (Å²) in [6.07, 6.45) is 1.39. The molecule has 0 aliphatic carbocycles. The Labute approximate surface area is 146 Å². The Morgan fingerprint density at radius 2 is 1.87 bits per heavy atom. The molecule has 0 spiro atoms. The van der Waals surface area contributed by atoms with Gasteiger partial charge in [-0.2, -0.15) is 0 Å². The molecule has 0 atom stereocenters. The first kappa shape index (κ1) is 19.9. The van der Waals surface area contributed by atoms with E-state index < -0.39 is 0 Å². The first-order valence-electron chi connectivity index (χ1n) is 8.44. The minimum absolute atomic E-state index is 0. The van der Waals surface area contributed by atoms with Crippen LogP contribution >= 0.6 is 12.4 Å². The minimum Gasteiger partial charge on any atom is -0.355 e. The van der Waals surface area contributed by atoms with Crippen LogP contribution < -0.4 is 10.6 Å². The lowest BCUT2D eigenvalue weighted by molar-refractivity contribution is -0.121. The Morgan fingerprint density at radius 1 is 1.22 bits per heavy atom. The number of nitrogens with zero attached hydrogens (tertiary/aromatic N) is 1. The van der Waals surface area contributed by atoms with Crippen molar-refractivity contribution >= 4 is 18.3 Å². The van der Waals surface area contributed by atoms with E-state index in [1.807, 2.05) is 0 Å². The van der Waals surface area contributed by atoms with Crippen molar-refractivity contribution in [1.82, 2.24) is 15.5 Å². The van der Waals surface area contributed by atoms with Crippen molar-refractivity contribution in [2.45, 2.75) is 32.6 Å². The van der Waals surface area contributed by atoms with Gasteiger partial charge in [-0.25, -0.2) is 0 Å². The number of amides is 1. The highest BCUT2D eigenvalue weighted by Gasteiger charge is 2.09. The minimum atomic E-state index is 0. The largest absolute Gasteiger partial charge is 0.355 e. The van der Waals surface area contributed by atoms with Crippen LogP contribution in [0, 0.1) is 0 Å². The molecular formula is C18H30ClN3O. The molecule has 1 heterocycles. The summed E-state index contributed by atoms with van der Waals surface area (Å²) in [7, 11) is 0. The van der Waals surface area contributed by atoms with Crippen molar-refractivity contribution in [3.8, 4) is 0 Å². The quantitative estimate of drug-likeness (QED) is 0.800. The lowest BCUT2D eigenvalue weighted by Crippen LogP contribution is -2.46. The Morgan fingerprint density at radius 3 is 2.48 bits per heavy atom. The molecular weight excluding hydrogens is 310 g/mol. The number of carbonyl (C=O) groups excluding carboxylic acids is 1. The van der Waals surface area contributed by atoms with Gasteiger partial charge in [-0.05, 0) is 23.5 Å². The van der Waals surface area contributed by atoms with Crippen molar-refractivity contribution in [2.24, 2.45) is 0 Å². The van der Waals surface area contributed by atoms with Crippen molar-refractivity contribution in [3.05, 3.63) is 35.4 Å². The molecule has 1 aliphatic heterocycles. The third kappa shape index (κ3) is 7.34. The number of benzene rings is 1. The number of carbonyl (C=O) groups is 1. The second kappa shape index (κ2) is 10.6. The van der Waals surface area contributed by atoms with Crippen LogP contribution in [0.3, 0.4) is 0 Å². The fraction of sp³-hybridized carbons (Fsp3) is 0.611. The summed E-state index contributed by atoms with van der Waals surface area (Å²) in [6.45, 7) is 10.4. The summed E-state index contributed by atoms with van der Waals surface area (Å²) in [5.41, 5.74) is 2.59. The van der Waals surface area contributed by atoms with Gasteiger partial charge in [-0.15, -0.1) is 12.4 Å². The van der Waals surface area contributed by atoms with Crippen molar-refractivity contribution in [2.75, 3.05) is 39.3 Å². The van der Waals surface area contributed by atoms with Gasteiger partial charge in [0.15, 0.2) is 0 Å². The molecule has 4 nitrogen and oxygen atoms in total. The maximum Gasteiger partial charge on any atom is 0.220 e. The second-order valence-corrected chi connectivity index (χ2v) is 6.34. The van der Waals surface area contributed by atoms with Gasteiger partial charge in [-0.3, -0.25) is 9.69 Å². The Balaban J connectivity index is 0.00000264. The van der Waals surface area contributed by atoms with Crippen LogP contribution in [0.25, 0.3) is 0 Å². The molecule has 0 unspecified atom stereocenters. The van der Waals surface area contributed by atoms with Crippen LogP contribution in [-0.2, 0) is 11.2 Å². The SMILES string of the molecule is CC(C)c1ccc(CCC(=O)NCCN2CCNCC2)cc1.Cl. The normalized spacial score (nSPS) is 15.3. The molecule has 1 amide bonds. The molecule has 1 saturated heterocycles. The van der Waals surface area contributed by atoms with E-state index in [2.05, 4.69) is 53.6 Å². The first-order valence-corrected chi connectivity index (χ1v) is 8.44. The van der Waals surface area contributed by atoms with Gasteiger partial charge in [0, 0.05) is 45.7 Å². The fourth-order valence-electron chi connectivity index (χ4n) is 2.70. The predicted molar refractivity (Wildman–Crippen MR) is 98.4 cm³/mol. The second-order valence-electron chi connectivity index (χ2n) is 6.34. The maximum atomic E-state index is 11.9. The van der Waals surface area contributed by atoms with E-state index in [1.54, 1.807) is 0 Å². The van der Waals surface area contributed by atoms with Gasteiger partial charge in [0.05, 0.1) is 0 Å². The number of hydrogen-bond donors (Lipinski definition) is 2. The Kier molecular flexibility index (Phi) is 9.22. The average Bonchev–Trinajstić information content (AvgIpc) is 2.54. The first-order chi connectivity index (χ1) is 10.6. The number of piperazine rings is 1.